The summed E-state index contributed by atoms with van der Waals surface area (Å²) < 4.78 is 39.8. The van der Waals surface area contributed by atoms with Gasteiger partial charge in [0.2, 0.25) is 0 Å². The molecule has 0 fully saturated rings. The lowest BCUT2D eigenvalue weighted by atomic mass is 10.2. The van der Waals surface area contributed by atoms with Crippen LogP contribution in [-0.2, 0) is 22.6 Å². The number of benzene rings is 1. The summed E-state index contributed by atoms with van der Waals surface area (Å²) in [5.74, 6) is -0.527. The normalized spacial score (nSPS) is 12.1. The second-order valence-corrected chi connectivity index (χ2v) is 7.14. The summed E-state index contributed by atoms with van der Waals surface area (Å²) in [5.41, 5.74) is 1.21. The van der Waals surface area contributed by atoms with Gasteiger partial charge < -0.3 is 4.57 Å². The van der Waals surface area contributed by atoms with Gasteiger partial charge in [-0.1, -0.05) is 5.21 Å². The summed E-state index contributed by atoms with van der Waals surface area (Å²) in [4.78, 5) is -0.123. The molecular weight excluding hydrogens is 319 g/mol. The van der Waals surface area contributed by atoms with Gasteiger partial charge in [-0.25, -0.2) is 12.8 Å². The predicted octanol–water partition coefficient (Wildman–Crippen LogP) is 1.88. The van der Waals surface area contributed by atoms with Crippen molar-refractivity contribution in [2.24, 2.45) is 7.05 Å². The summed E-state index contributed by atoms with van der Waals surface area (Å²) in [6, 6.07) is 3.92. The third kappa shape index (κ3) is 2.64. The van der Waals surface area contributed by atoms with Crippen molar-refractivity contribution in [3.8, 4) is 0 Å². The van der Waals surface area contributed by atoms with Crippen LogP contribution in [0.3, 0.4) is 0 Å². The highest BCUT2D eigenvalue weighted by Gasteiger charge is 2.19. The molecule has 0 saturated carbocycles. The molecule has 21 heavy (non-hydrogen) atoms. The van der Waals surface area contributed by atoms with Gasteiger partial charge in [0, 0.05) is 41.0 Å². The first-order chi connectivity index (χ1) is 9.84. The summed E-state index contributed by atoms with van der Waals surface area (Å²) in [5, 5.41) is 8.00. The minimum atomic E-state index is -3.97. The van der Waals surface area contributed by atoms with E-state index in [9.17, 15) is 12.8 Å². The second kappa shape index (κ2) is 4.81. The predicted molar refractivity (Wildman–Crippen MR) is 75.0 cm³/mol. The van der Waals surface area contributed by atoms with Crippen molar-refractivity contribution < 1.29 is 12.8 Å². The average molecular weight is 329 g/mol. The number of hydrogen-bond acceptors (Lipinski definition) is 4. The number of aryl methyl sites for hydroxylation is 1. The quantitative estimate of drug-likeness (QED) is 0.688. The van der Waals surface area contributed by atoms with Crippen molar-refractivity contribution in [3.05, 3.63) is 42.1 Å². The Balaban J connectivity index is 2.19. The molecule has 0 aliphatic heterocycles. The Morgan fingerprint density at radius 3 is 2.71 bits per heavy atom. The van der Waals surface area contributed by atoms with Crippen molar-refractivity contribution in [1.29, 1.82) is 0 Å². The van der Waals surface area contributed by atoms with E-state index in [0.29, 0.717) is 17.8 Å². The molecule has 3 rings (SSSR count). The van der Waals surface area contributed by atoms with Crippen LogP contribution in [-0.4, -0.2) is 28.0 Å². The minimum absolute atomic E-state index is 0.123. The zero-order valence-corrected chi connectivity index (χ0v) is 12.4. The van der Waals surface area contributed by atoms with E-state index in [4.69, 9.17) is 10.7 Å². The van der Waals surface area contributed by atoms with E-state index in [1.165, 1.54) is 18.3 Å². The number of hydrogen-bond donors (Lipinski definition) is 0. The Hall–Kier alpha value is -1.93. The van der Waals surface area contributed by atoms with Gasteiger partial charge in [0.15, 0.2) is 0 Å². The number of rotatable bonds is 3. The highest BCUT2D eigenvalue weighted by atomic mass is 35.7. The fourth-order valence-electron chi connectivity index (χ4n) is 2.20. The Morgan fingerprint density at radius 2 is 2.10 bits per heavy atom. The maximum atomic E-state index is 13.4. The van der Waals surface area contributed by atoms with Gasteiger partial charge in [-0.05, 0) is 18.2 Å². The van der Waals surface area contributed by atoms with E-state index in [1.807, 2.05) is 0 Å². The Morgan fingerprint density at radius 1 is 1.33 bits per heavy atom. The van der Waals surface area contributed by atoms with Crippen LogP contribution in [0.1, 0.15) is 5.69 Å². The lowest BCUT2D eigenvalue weighted by molar-refractivity contribution is 0.609. The van der Waals surface area contributed by atoms with Gasteiger partial charge >= 0.3 is 0 Å². The third-order valence-electron chi connectivity index (χ3n) is 3.05. The Bertz CT molecular complexity index is 932. The maximum absolute atomic E-state index is 13.4. The topological polar surface area (TPSA) is 69.8 Å². The lowest BCUT2D eigenvalue weighted by Gasteiger charge is -2.01. The molecular formula is C12H10ClFN4O2S. The Labute approximate surface area is 124 Å². The molecule has 0 N–H and O–H groups in total. The molecule has 3 aromatic rings. The first-order valence-electron chi connectivity index (χ1n) is 5.93. The van der Waals surface area contributed by atoms with Crippen LogP contribution in [0.25, 0.3) is 10.9 Å². The second-order valence-electron chi connectivity index (χ2n) is 4.60. The molecule has 0 unspecified atom stereocenters. The zero-order chi connectivity index (χ0) is 15.2. The molecule has 2 aromatic heterocycles. The summed E-state index contributed by atoms with van der Waals surface area (Å²) in [7, 11) is 3.18. The van der Waals surface area contributed by atoms with Crippen molar-refractivity contribution in [1.82, 2.24) is 19.6 Å². The third-order valence-corrected chi connectivity index (χ3v) is 4.40. The monoisotopic (exact) mass is 328 g/mol. The van der Waals surface area contributed by atoms with E-state index >= 15 is 0 Å². The van der Waals surface area contributed by atoms with Crippen molar-refractivity contribution >= 4 is 30.6 Å². The first-order valence-corrected chi connectivity index (χ1v) is 8.24. The maximum Gasteiger partial charge on any atom is 0.263 e. The smallest absolute Gasteiger partial charge is 0.263 e. The van der Waals surface area contributed by atoms with Crippen LogP contribution in [0.15, 0.2) is 35.5 Å². The van der Waals surface area contributed by atoms with E-state index in [1.54, 1.807) is 22.5 Å². The Kier molecular flexibility index (Phi) is 3.22. The van der Waals surface area contributed by atoms with Crippen LogP contribution in [0.5, 0.6) is 0 Å². The molecule has 0 radical (unpaired) electrons. The molecule has 0 atom stereocenters. The van der Waals surface area contributed by atoms with Gasteiger partial charge in [0.25, 0.3) is 9.05 Å². The van der Waals surface area contributed by atoms with Crippen LogP contribution < -0.4 is 0 Å². The molecule has 6 nitrogen and oxygen atoms in total. The molecule has 110 valence electrons. The largest absolute Gasteiger partial charge is 0.340 e. The highest BCUT2D eigenvalue weighted by Crippen LogP contribution is 2.29. The molecule has 0 amide bonds. The molecule has 0 aliphatic rings. The van der Waals surface area contributed by atoms with Gasteiger partial charge in [-0.2, -0.15) is 0 Å². The van der Waals surface area contributed by atoms with Crippen molar-refractivity contribution in [2.45, 2.75) is 11.4 Å². The first kappa shape index (κ1) is 14.0. The molecule has 2 heterocycles. The SMILES string of the molecule is Cn1cc(Cn2cc(S(=O)(=O)Cl)c3cc(F)ccc32)nn1. The van der Waals surface area contributed by atoms with E-state index < -0.39 is 14.9 Å². The number of fused-ring (bicyclic) bond motifs is 1. The summed E-state index contributed by atoms with van der Waals surface area (Å²) in [6.45, 7) is 0.308. The summed E-state index contributed by atoms with van der Waals surface area (Å²) >= 11 is 0. The number of nitrogens with zero attached hydrogens (tertiary/aromatic N) is 4. The van der Waals surface area contributed by atoms with Crippen LogP contribution in [0, 0.1) is 5.82 Å². The fourth-order valence-corrected chi connectivity index (χ4v) is 3.25. The number of aromatic nitrogens is 4. The molecule has 0 bridgehead atoms. The average Bonchev–Trinajstić information content (AvgIpc) is 2.93. The minimum Gasteiger partial charge on any atom is -0.340 e. The standard InChI is InChI=1S/C12H10ClFN4O2S/c1-17-5-9(15-16-17)6-18-7-12(21(13,19)20)10-4-8(14)2-3-11(10)18/h2-5,7H,6H2,1H3. The van der Waals surface area contributed by atoms with E-state index in [-0.39, 0.29) is 10.3 Å². The molecule has 0 aliphatic carbocycles. The number of halogens is 2. The van der Waals surface area contributed by atoms with Crippen molar-refractivity contribution in [2.75, 3.05) is 0 Å². The van der Waals surface area contributed by atoms with Crippen LogP contribution in [0.4, 0.5) is 4.39 Å². The molecule has 0 spiro atoms. The van der Waals surface area contributed by atoms with Crippen molar-refractivity contribution in [3.63, 3.8) is 0 Å². The summed E-state index contributed by atoms with van der Waals surface area (Å²) in [6.07, 6.45) is 3.09. The van der Waals surface area contributed by atoms with Gasteiger partial charge in [0.05, 0.1) is 6.54 Å². The zero-order valence-electron chi connectivity index (χ0n) is 10.9. The van der Waals surface area contributed by atoms with Gasteiger partial charge in [0.1, 0.15) is 16.4 Å². The van der Waals surface area contributed by atoms with E-state index in [2.05, 4.69) is 10.3 Å². The molecule has 0 saturated heterocycles. The van der Waals surface area contributed by atoms with Gasteiger partial charge in [-0.3, -0.25) is 4.68 Å². The fraction of sp³-hybridized carbons (Fsp3) is 0.167. The molecule has 9 heteroatoms. The van der Waals surface area contributed by atoms with Gasteiger partial charge in [-0.15, -0.1) is 5.10 Å². The van der Waals surface area contributed by atoms with Crippen LogP contribution >= 0.6 is 10.7 Å². The molecule has 1 aromatic carbocycles. The van der Waals surface area contributed by atoms with E-state index in [0.717, 1.165) is 6.07 Å². The lowest BCUT2D eigenvalue weighted by Crippen LogP contribution is -1.98. The highest BCUT2D eigenvalue weighted by molar-refractivity contribution is 8.14. The van der Waals surface area contributed by atoms with Crippen LogP contribution in [0.2, 0.25) is 0 Å².